The van der Waals surface area contributed by atoms with Crippen LogP contribution >= 0.6 is 0 Å². The van der Waals surface area contributed by atoms with E-state index in [4.69, 9.17) is 0 Å². The first kappa shape index (κ1) is 22.6. The number of aryl methyl sites for hydroxylation is 2. The lowest BCUT2D eigenvalue weighted by Crippen LogP contribution is -2.42. The Morgan fingerprint density at radius 3 is 2.10 bits per heavy atom. The summed E-state index contributed by atoms with van der Waals surface area (Å²) in [5, 5.41) is 2.99. The predicted molar refractivity (Wildman–Crippen MR) is 125 cm³/mol. The van der Waals surface area contributed by atoms with Gasteiger partial charge in [0.1, 0.15) is 6.54 Å². The van der Waals surface area contributed by atoms with Gasteiger partial charge in [0.05, 0.1) is 16.6 Å². The van der Waals surface area contributed by atoms with Crippen molar-refractivity contribution in [2.75, 3.05) is 10.8 Å². The van der Waals surface area contributed by atoms with E-state index < -0.39 is 10.0 Å². The van der Waals surface area contributed by atoms with E-state index in [1.807, 2.05) is 57.2 Å². The molecule has 0 aliphatic carbocycles. The van der Waals surface area contributed by atoms with E-state index in [-0.39, 0.29) is 23.4 Å². The fourth-order valence-corrected chi connectivity index (χ4v) is 4.83. The number of nitrogens with one attached hydrogen (secondary N) is 1. The molecular weight excluding hydrogens is 408 g/mol. The molecule has 1 amide bonds. The van der Waals surface area contributed by atoms with Crippen LogP contribution in [0.15, 0.2) is 83.8 Å². The van der Waals surface area contributed by atoms with Crippen LogP contribution in [-0.4, -0.2) is 20.9 Å². The number of anilines is 1. The highest BCUT2D eigenvalue weighted by Crippen LogP contribution is 2.26. The zero-order chi connectivity index (χ0) is 22.4. The van der Waals surface area contributed by atoms with Gasteiger partial charge in [0.2, 0.25) is 5.91 Å². The van der Waals surface area contributed by atoms with Crippen molar-refractivity contribution < 1.29 is 13.2 Å². The Hall–Kier alpha value is -3.12. The molecule has 0 bridgehead atoms. The van der Waals surface area contributed by atoms with Gasteiger partial charge in [0.15, 0.2) is 0 Å². The minimum atomic E-state index is -3.91. The third kappa shape index (κ3) is 5.33. The fourth-order valence-electron chi connectivity index (χ4n) is 3.39. The van der Waals surface area contributed by atoms with Crippen molar-refractivity contribution in [3.63, 3.8) is 0 Å². The second kappa shape index (κ2) is 9.79. The summed E-state index contributed by atoms with van der Waals surface area (Å²) in [5.74, 6) is -0.353. The lowest BCUT2D eigenvalue weighted by atomic mass is 10.0. The number of benzene rings is 3. The molecule has 0 aliphatic rings. The summed E-state index contributed by atoms with van der Waals surface area (Å²) >= 11 is 0. The van der Waals surface area contributed by atoms with E-state index in [0.29, 0.717) is 12.1 Å². The molecule has 0 aliphatic heterocycles. The van der Waals surface area contributed by atoms with Gasteiger partial charge in [-0.3, -0.25) is 9.10 Å². The van der Waals surface area contributed by atoms with Gasteiger partial charge in [-0.2, -0.15) is 0 Å². The Labute approximate surface area is 184 Å². The van der Waals surface area contributed by atoms with Crippen molar-refractivity contribution in [3.05, 3.63) is 95.6 Å². The Morgan fingerprint density at radius 2 is 1.52 bits per heavy atom. The summed E-state index contributed by atoms with van der Waals surface area (Å²) in [7, 11) is -3.91. The van der Waals surface area contributed by atoms with Gasteiger partial charge in [-0.15, -0.1) is 0 Å². The van der Waals surface area contributed by atoms with Crippen LogP contribution < -0.4 is 9.62 Å². The smallest absolute Gasteiger partial charge is 0.264 e. The average molecular weight is 437 g/mol. The monoisotopic (exact) mass is 436 g/mol. The molecule has 0 radical (unpaired) electrons. The molecule has 0 aromatic heterocycles. The summed E-state index contributed by atoms with van der Waals surface area (Å²) < 4.78 is 28.1. The first-order chi connectivity index (χ1) is 14.8. The molecule has 0 saturated carbocycles. The van der Waals surface area contributed by atoms with Crippen LogP contribution in [0.5, 0.6) is 0 Å². The van der Waals surface area contributed by atoms with Crippen LogP contribution in [0.1, 0.15) is 36.1 Å². The Kier molecular flexibility index (Phi) is 7.13. The summed E-state index contributed by atoms with van der Waals surface area (Å²) in [4.78, 5) is 13.1. The molecule has 1 unspecified atom stereocenters. The van der Waals surface area contributed by atoms with Crippen molar-refractivity contribution >= 4 is 21.6 Å². The van der Waals surface area contributed by atoms with Gasteiger partial charge < -0.3 is 5.32 Å². The van der Waals surface area contributed by atoms with Crippen molar-refractivity contribution in [2.24, 2.45) is 0 Å². The minimum Gasteiger partial charge on any atom is -0.348 e. The number of nitrogens with zero attached hydrogens (tertiary/aromatic N) is 1. The topological polar surface area (TPSA) is 66.5 Å². The maximum absolute atomic E-state index is 13.4. The van der Waals surface area contributed by atoms with Gasteiger partial charge in [0, 0.05) is 0 Å². The molecule has 0 spiro atoms. The maximum atomic E-state index is 13.4. The molecular formula is C25H28N2O3S. The molecule has 0 heterocycles. The lowest BCUT2D eigenvalue weighted by Gasteiger charge is -2.26. The van der Waals surface area contributed by atoms with Gasteiger partial charge in [0.25, 0.3) is 10.0 Å². The Bertz CT molecular complexity index is 1130. The van der Waals surface area contributed by atoms with E-state index >= 15 is 0 Å². The first-order valence-electron chi connectivity index (χ1n) is 10.3. The number of hydrogen-bond donors (Lipinski definition) is 1. The zero-order valence-corrected chi connectivity index (χ0v) is 18.9. The molecule has 162 valence electrons. The van der Waals surface area contributed by atoms with E-state index in [9.17, 15) is 13.2 Å². The average Bonchev–Trinajstić information content (AvgIpc) is 2.79. The highest BCUT2D eigenvalue weighted by atomic mass is 32.2. The Balaban J connectivity index is 1.93. The zero-order valence-electron chi connectivity index (χ0n) is 18.1. The van der Waals surface area contributed by atoms with Crippen molar-refractivity contribution in [2.45, 2.75) is 38.1 Å². The van der Waals surface area contributed by atoms with Crippen molar-refractivity contribution in [1.82, 2.24) is 5.32 Å². The number of amides is 1. The largest absolute Gasteiger partial charge is 0.348 e. The van der Waals surface area contributed by atoms with E-state index in [1.54, 1.807) is 42.5 Å². The van der Waals surface area contributed by atoms with Crippen LogP contribution in [0.4, 0.5) is 5.69 Å². The first-order valence-corrected chi connectivity index (χ1v) is 11.8. The molecule has 3 rings (SSSR count). The van der Waals surface area contributed by atoms with Gasteiger partial charge in [-0.1, -0.05) is 61.5 Å². The molecule has 1 N–H and O–H groups in total. The number of carbonyl (C=O) groups is 1. The summed E-state index contributed by atoms with van der Waals surface area (Å²) in [6, 6.07) is 23.1. The number of sulfonamides is 1. The van der Waals surface area contributed by atoms with E-state index in [0.717, 1.165) is 16.7 Å². The highest BCUT2D eigenvalue weighted by Gasteiger charge is 2.28. The third-order valence-corrected chi connectivity index (χ3v) is 7.13. The minimum absolute atomic E-state index is 0.149. The van der Waals surface area contributed by atoms with Crippen LogP contribution in [0.25, 0.3) is 0 Å². The number of hydrogen-bond acceptors (Lipinski definition) is 3. The quantitative estimate of drug-likeness (QED) is 0.553. The summed E-state index contributed by atoms with van der Waals surface area (Å²) in [6.45, 7) is 5.57. The number of carbonyl (C=O) groups excluding carboxylic acids is 1. The van der Waals surface area contributed by atoms with Crippen LogP contribution in [0.2, 0.25) is 0 Å². The maximum Gasteiger partial charge on any atom is 0.264 e. The van der Waals surface area contributed by atoms with Crippen molar-refractivity contribution in [3.8, 4) is 0 Å². The summed E-state index contributed by atoms with van der Waals surface area (Å²) in [5.41, 5.74) is 3.47. The lowest BCUT2D eigenvalue weighted by molar-refractivity contribution is -0.120. The van der Waals surface area contributed by atoms with E-state index in [1.165, 1.54) is 4.31 Å². The Morgan fingerprint density at radius 1 is 0.903 bits per heavy atom. The molecule has 31 heavy (non-hydrogen) atoms. The van der Waals surface area contributed by atoms with Gasteiger partial charge in [-0.25, -0.2) is 8.42 Å². The molecule has 5 nitrogen and oxygen atoms in total. The molecule has 3 aromatic carbocycles. The van der Waals surface area contributed by atoms with Crippen LogP contribution in [-0.2, 0) is 14.8 Å². The fraction of sp³-hybridized carbons (Fsp3) is 0.240. The van der Waals surface area contributed by atoms with Crippen LogP contribution in [0, 0.1) is 13.8 Å². The summed E-state index contributed by atoms with van der Waals surface area (Å²) in [6.07, 6.45) is 0.699. The highest BCUT2D eigenvalue weighted by molar-refractivity contribution is 7.92. The van der Waals surface area contributed by atoms with Crippen LogP contribution in [0.3, 0.4) is 0 Å². The second-order valence-corrected chi connectivity index (χ2v) is 9.39. The predicted octanol–water partition coefficient (Wildman–Crippen LogP) is 4.77. The second-order valence-electron chi connectivity index (χ2n) is 7.53. The molecule has 3 aromatic rings. The van der Waals surface area contributed by atoms with Gasteiger partial charge >= 0.3 is 0 Å². The molecule has 0 saturated heterocycles. The molecule has 1 atom stereocenters. The normalized spacial score (nSPS) is 12.2. The van der Waals surface area contributed by atoms with E-state index in [2.05, 4.69) is 5.32 Å². The molecule has 6 heteroatoms. The number of rotatable bonds is 8. The standard InChI is InChI=1S/C25H28N2O3S/c1-4-24(21-11-7-5-8-12-21)26-25(28)18-27(22-16-15-19(2)20(3)17-22)31(29,30)23-13-9-6-10-14-23/h5-17,24H,4,18H2,1-3H3,(H,26,28). The van der Waals surface area contributed by atoms with Crippen molar-refractivity contribution in [1.29, 1.82) is 0 Å². The molecule has 0 fully saturated rings. The third-order valence-electron chi connectivity index (χ3n) is 5.34. The van der Waals surface area contributed by atoms with Gasteiger partial charge in [-0.05, 0) is 61.2 Å². The SMILES string of the molecule is CCC(NC(=O)CN(c1ccc(C)c(C)c1)S(=O)(=O)c1ccccc1)c1ccccc1.